The lowest BCUT2D eigenvalue weighted by Crippen LogP contribution is -2.37. The summed E-state index contributed by atoms with van der Waals surface area (Å²) in [4.78, 5) is 30.3. The molecule has 0 aliphatic carbocycles. The van der Waals surface area contributed by atoms with Crippen LogP contribution in [0.15, 0.2) is 35.3 Å². The summed E-state index contributed by atoms with van der Waals surface area (Å²) in [7, 11) is 0. The van der Waals surface area contributed by atoms with Gasteiger partial charge in [-0.05, 0) is 43.6 Å². The van der Waals surface area contributed by atoms with Gasteiger partial charge < -0.3 is 15.3 Å². The van der Waals surface area contributed by atoms with Crippen molar-refractivity contribution in [2.45, 2.75) is 18.9 Å². The first-order valence-corrected chi connectivity index (χ1v) is 7.69. The topological polar surface area (TPSA) is 81.0 Å². The number of aromatic amines is 2. The molecule has 2 aromatic rings. The minimum atomic E-state index is -0.412. The van der Waals surface area contributed by atoms with E-state index in [1.807, 2.05) is 0 Å². The van der Waals surface area contributed by atoms with Crippen LogP contribution in [0.1, 0.15) is 34.9 Å². The quantitative estimate of drug-likeness (QED) is 0.780. The molecule has 122 valence electrons. The van der Waals surface area contributed by atoms with Crippen LogP contribution in [0.4, 0.5) is 4.39 Å². The number of rotatable bonds is 5. The number of nitrogens with one attached hydrogen (secondary N) is 3. The van der Waals surface area contributed by atoms with Crippen LogP contribution in [0.3, 0.4) is 0 Å². The lowest BCUT2D eigenvalue weighted by molar-refractivity contribution is 0.0933. The second kappa shape index (κ2) is 6.78. The highest BCUT2D eigenvalue weighted by molar-refractivity contribution is 5.91. The van der Waals surface area contributed by atoms with Crippen molar-refractivity contribution in [3.05, 3.63) is 58.0 Å². The third-order valence-corrected chi connectivity index (χ3v) is 4.13. The Morgan fingerprint density at radius 3 is 2.57 bits per heavy atom. The van der Waals surface area contributed by atoms with Gasteiger partial charge in [0.25, 0.3) is 5.91 Å². The number of nitrogens with zero attached hydrogens (tertiary/aromatic N) is 1. The second-order valence-corrected chi connectivity index (χ2v) is 5.68. The minimum absolute atomic E-state index is 0.00675. The third kappa shape index (κ3) is 3.68. The highest BCUT2D eigenvalue weighted by atomic mass is 19.1. The number of halogens is 1. The van der Waals surface area contributed by atoms with Crippen LogP contribution in [0, 0.1) is 5.82 Å². The molecule has 1 saturated heterocycles. The maximum absolute atomic E-state index is 13.1. The van der Waals surface area contributed by atoms with Gasteiger partial charge in [-0.2, -0.15) is 0 Å². The number of carbonyl (C=O) groups is 1. The maximum atomic E-state index is 13.1. The highest BCUT2D eigenvalue weighted by Crippen LogP contribution is 2.24. The molecule has 1 fully saturated rings. The van der Waals surface area contributed by atoms with Crippen molar-refractivity contribution < 1.29 is 9.18 Å². The van der Waals surface area contributed by atoms with Crippen molar-refractivity contribution in [3.63, 3.8) is 0 Å². The number of hydrogen-bond acceptors (Lipinski definition) is 3. The SMILES string of the molecule is O=C(NC[C@H](c1ccc(F)cc1)N1CCCC1)c1c[nH]c(=O)[nH]1. The smallest absolute Gasteiger partial charge is 0.323 e. The Hall–Kier alpha value is -2.41. The van der Waals surface area contributed by atoms with Gasteiger partial charge in [0.05, 0.1) is 6.04 Å². The molecule has 1 atom stereocenters. The zero-order valence-electron chi connectivity index (χ0n) is 12.6. The van der Waals surface area contributed by atoms with Gasteiger partial charge in [-0.3, -0.25) is 9.69 Å². The van der Waals surface area contributed by atoms with E-state index in [2.05, 4.69) is 20.2 Å². The van der Waals surface area contributed by atoms with E-state index in [4.69, 9.17) is 0 Å². The average Bonchev–Trinajstić information content (AvgIpc) is 3.21. The standard InChI is InChI=1S/C16H19FN4O2/c17-12-5-3-11(4-6-12)14(21-7-1-2-8-21)10-18-15(22)13-9-19-16(23)20-13/h3-6,9,14H,1-2,7-8,10H2,(H,18,22)(H2,19,20,23)/t14-/m1/s1. The van der Waals surface area contributed by atoms with E-state index in [-0.39, 0.29) is 23.5 Å². The number of carbonyl (C=O) groups excluding carboxylic acids is 1. The first kappa shape index (κ1) is 15.5. The van der Waals surface area contributed by atoms with Crippen LogP contribution in [-0.4, -0.2) is 40.4 Å². The Morgan fingerprint density at radius 2 is 1.96 bits per heavy atom. The van der Waals surface area contributed by atoms with E-state index in [9.17, 15) is 14.0 Å². The summed E-state index contributed by atoms with van der Waals surface area (Å²) in [6.07, 6.45) is 3.59. The highest BCUT2D eigenvalue weighted by Gasteiger charge is 2.24. The molecule has 2 heterocycles. The molecule has 0 saturated carbocycles. The summed E-state index contributed by atoms with van der Waals surface area (Å²) >= 11 is 0. The van der Waals surface area contributed by atoms with E-state index in [0.29, 0.717) is 6.54 Å². The Bertz CT molecular complexity index is 716. The fraction of sp³-hybridized carbons (Fsp3) is 0.375. The maximum Gasteiger partial charge on any atom is 0.323 e. The van der Waals surface area contributed by atoms with Crippen molar-refractivity contribution >= 4 is 5.91 Å². The van der Waals surface area contributed by atoms with Gasteiger partial charge in [-0.1, -0.05) is 12.1 Å². The molecule has 6 nitrogen and oxygen atoms in total. The Morgan fingerprint density at radius 1 is 1.26 bits per heavy atom. The monoisotopic (exact) mass is 318 g/mol. The Balaban J connectivity index is 1.72. The fourth-order valence-corrected chi connectivity index (χ4v) is 2.94. The Kier molecular flexibility index (Phi) is 4.57. The number of hydrogen-bond donors (Lipinski definition) is 3. The normalized spacial score (nSPS) is 16.4. The zero-order chi connectivity index (χ0) is 16.2. The average molecular weight is 318 g/mol. The lowest BCUT2D eigenvalue weighted by Gasteiger charge is -2.28. The molecule has 1 amide bonds. The molecule has 7 heteroatoms. The molecule has 1 aromatic carbocycles. The van der Waals surface area contributed by atoms with E-state index >= 15 is 0 Å². The van der Waals surface area contributed by atoms with Crippen LogP contribution in [0.2, 0.25) is 0 Å². The minimum Gasteiger partial charge on any atom is -0.349 e. The zero-order valence-corrected chi connectivity index (χ0v) is 12.6. The fourth-order valence-electron chi connectivity index (χ4n) is 2.94. The van der Waals surface area contributed by atoms with Gasteiger partial charge in [-0.15, -0.1) is 0 Å². The first-order valence-electron chi connectivity index (χ1n) is 7.69. The summed E-state index contributed by atoms with van der Waals surface area (Å²) in [5.41, 5.74) is 0.759. The van der Waals surface area contributed by atoms with Crippen molar-refractivity contribution in [1.82, 2.24) is 20.2 Å². The molecule has 3 rings (SSSR count). The van der Waals surface area contributed by atoms with Crippen LogP contribution in [0.5, 0.6) is 0 Å². The molecular formula is C16H19FN4O2. The molecule has 0 spiro atoms. The van der Waals surface area contributed by atoms with Crippen LogP contribution in [-0.2, 0) is 0 Å². The number of benzene rings is 1. The van der Waals surface area contributed by atoms with Crippen molar-refractivity contribution in [2.24, 2.45) is 0 Å². The predicted molar refractivity (Wildman–Crippen MR) is 83.7 cm³/mol. The number of imidazole rings is 1. The predicted octanol–water partition coefficient (Wildman–Crippen LogP) is 1.41. The second-order valence-electron chi connectivity index (χ2n) is 5.68. The number of aromatic nitrogens is 2. The third-order valence-electron chi connectivity index (χ3n) is 4.13. The molecule has 1 aliphatic heterocycles. The van der Waals surface area contributed by atoms with Crippen molar-refractivity contribution in [3.8, 4) is 0 Å². The lowest BCUT2D eigenvalue weighted by atomic mass is 10.1. The molecule has 3 N–H and O–H groups in total. The molecular weight excluding hydrogens is 299 g/mol. The van der Waals surface area contributed by atoms with Gasteiger partial charge >= 0.3 is 5.69 Å². The number of H-pyrrole nitrogens is 2. The molecule has 0 unspecified atom stereocenters. The molecule has 1 aliphatic rings. The first-order chi connectivity index (χ1) is 11.1. The summed E-state index contributed by atoms with van der Waals surface area (Å²) in [5.74, 6) is -0.613. The summed E-state index contributed by atoms with van der Waals surface area (Å²) in [6.45, 7) is 2.31. The molecule has 0 bridgehead atoms. The summed E-state index contributed by atoms with van der Waals surface area (Å²) in [5, 5.41) is 2.84. The molecule has 23 heavy (non-hydrogen) atoms. The van der Waals surface area contributed by atoms with E-state index in [1.54, 1.807) is 12.1 Å². The van der Waals surface area contributed by atoms with Gasteiger partial charge in [0, 0.05) is 12.7 Å². The van der Waals surface area contributed by atoms with E-state index in [1.165, 1.54) is 18.3 Å². The molecule has 0 radical (unpaired) electrons. The van der Waals surface area contributed by atoms with E-state index < -0.39 is 5.69 Å². The largest absolute Gasteiger partial charge is 0.349 e. The summed E-state index contributed by atoms with van der Waals surface area (Å²) in [6, 6.07) is 6.37. The molecule has 1 aromatic heterocycles. The van der Waals surface area contributed by atoms with Crippen molar-refractivity contribution in [1.29, 1.82) is 0 Å². The van der Waals surface area contributed by atoms with Gasteiger partial charge in [0.2, 0.25) is 0 Å². The van der Waals surface area contributed by atoms with Crippen LogP contribution >= 0.6 is 0 Å². The van der Waals surface area contributed by atoms with Gasteiger partial charge in [0.1, 0.15) is 11.5 Å². The Labute approximate surface area is 132 Å². The van der Waals surface area contributed by atoms with Gasteiger partial charge in [-0.25, -0.2) is 9.18 Å². The van der Waals surface area contributed by atoms with Crippen LogP contribution < -0.4 is 11.0 Å². The van der Waals surface area contributed by atoms with Gasteiger partial charge in [0.15, 0.2) is 0 Å². The van der Waals surface area contributed by atoms with Crippen molar-refractivity contribution in [2.75, 3.05) is 19.6 Å². The van der Waals surface area contributed by atoms with E-state index in [0.717, 1.165) is 31.5 Å². The van der Waals surface area contributed by atoms with Crippen LogP contribution in [0.25, 0.3) is 0 Å². The number of amides is 1. The number of likely N-dealkylation sites (tertiary alicyclic amines) is 1. The summed E-state index contributed by atoms with van der Waals surface area (Å²) < 4.78 is 13.1.